The lowest BCUT2D eigenvalue weighted by molar-refractivity contribution is -0.116. The quantitative estimate of drug-likeness (QED) is 0.885. The van der Waals surface area contributed by atoms with E-state index in [1.165, 1.54) is 16.0 Å². The maximum atomic E-state index is 11.4. The highest BCUT2D eigenvalue weighted by molar-refractivity contribution is 7.99. The molecule has 4 rings (SSSR count). The number of aryl methyl sites for hydroxylation is 1. The van der Waals surface area contributed by atoms with Crippen LogP contribution in [0.3, 0.4) is 0 Å². The van der Waals surface area contributed by atoms with E-state index in [0.29, 0.717) is 12.5 Å². The Morgan fingerprint density at radius 2 is 2.05 bits per heavy atom. The van der Waals surface area contributed by atoms with Gasteiger partial charge in [0.2, 0.25) is 5.91 Å². The lowest BCUT2D eigenvalue weighted by atomic mass is 10.0. The van der Waals surface area contributed by atoms with E-state index in [-0.39, 0.29) is 5.91 Å². The van der Waals surface area contributed by atoms with Gasteiger partial charge in [0.05, 0.1) is 6.04 Å². The van der Waals surface area contributed by atoms with Crippen LogP contribution < -0.4 is 10.6 Å². The van der Waals surface area contributed by atoms with Crippen LogP contribution in [0.25, 0.3) is 0 Å². The minimum absolute atomic E-state index is 0.115. The molecule has 2 aromatic carbocycles. The second-order valence-corrected chi connectivity index (χ2v) is 6.53. The van der Waals surface area contributed by atoms with E-state index in [0.717, 1.165) is 23.5 Å². The zero-order chi connectivity index (χ0) is 14.2. The van der Waals surface area contributed by atoms with Crippen LogP contribution in [-0.2, 0) is 11.2 Å². The number of thioether (sulfide) groups is 1. The molecule has 0 bridgehead atoms. The molecule has 1 unspecified atom stereocenters. The first-order chi connectivity index (χ1) is 10.3. The van der Waals surface area contributed by atoms with Crippen LogP contribution in [-0.4, -0.2) is 11.7 Å². The first-order valence-electron chi connectivity index (χ1n) is 7.21. The third-order valence-electron chi connectivity index (χ3n) is 4.04. The fraction of sp³-hybridized carbons (Fsp3) is 0.235. The van der Waals surface area contributed by atoms with Gasteiger partial charge in [-0.05, 0) is 41.8 Å². The van der Waals surface area contributed by atoms with Crippen molar-refractivity contribution in [3.05, 3.63) is 53.6 Å². The van der Waals surface area contributed by atoms with E-state index in [9.17, 15) is 4.79 Å². The van der Waals surface area contributed by atoms with Gasteiger partial charge in [0.25, 0.3) is 0 Å². The number of carbonyl (C=O) groups is 1. The number of fused-ring (bicyclic) bond motifs is 2. The highest BCUT2D eigenvalue weighted by Gasteiger charge is 2.23. The second kappa shape index (κ2) is 5.11. The van der Waals surface area contributed by atoms with Gasteiger partial charge in [-0.25, -0.2) is 0 Å². The number of rotatable bonds is 2. The zero-order valence-corrected chi connectivity index (χ0v) is 12.4. The molecule has 0 aromatic heterocycles. The van der Waals surface area contributed by atoms with Crippen LogP contribution in [0.2, 0.25) is 0 Å². The Hall–Kier alpha value is -1.94. The van der Waals surface area contributed by atoms with Gasteiger partial charge in [-0.1, -0.05) is 18.2 Å². The predicted molar refractivity (Wildman–Crippen MR) is 86.9 cm³/mol. The monoisotopic (exact) mass is 296 g/mol. The highest BCUT2D eigenvalue weighted by Crippen LogP contribution is 2.40. The van der Waals surface area contributed by atoms with E-state index in [4.69, 9.17) is 0 Å². The Morgan fingerprint density at radius 3 is 3.00 bits per heavy atom. The number of benzene rings is 2. The van der Waals surface area contributed by atoms with Gasteiger partial charge >= 0.3 is 0 Å². The third kappa shape index (κ3) is 2.40. The number of carbonyl (C=O) groups excluding carboxylic acids is 1. The Kier molecular flexibility index (Phi) is 3.11. The lowest BCUT2D eigenvalue weighted by Crippen LogP contribution is -2.19. The Morgan fingerprint density at radius 1 is 1.14 bits per heavy atom. The summed E-state index contributed by atoms with van der Waals surface area (Å²) in [6, 6.07) is 15.2. The summed E-state index contributed by atoms with van der Waals surface area (Å²) in [6.45, 7) is 0. The average Bonchev–Trinajstić information content (AvgIpc) is 2.91. The average molecular weight is 296 g/mol. The number of anilines is 2. The predicted octanol–water partition coefficient (Wildman–Crippen LogP) is 3.83. The summed E-state index contributed by atoms with van der Waals surface area (Å²) in [5.41, 5.74) is 4.69. The smallest absolute Gasteiger partial charge is 0.224 e. The number of nitrogens with one attached hydrogen (secondary N) is 2. The van der Waals surface area contributed by atoms with Crippen LogP contribution in [0, 0.1) is 0 Å². The summed E-state index contributed by atoms with van der Waals surface area (Å²) < 4.78 is 0. The molecule has 3 nitrogen and oxygen atoms in total. The fourth-order valence-corrected chi connectivity index (χ4v) is 4.12. The summed E-state index contributed by atoms with van der Waals surface area (Å²) in [7, 11) is 0. The first kappa shape index (κ1) is 12.8. The molecule has 2 heterocycles. The minimum atomic E-state index is 0.115. The van der Waals surface area contributed by atoms with Gasteiger partial charge < -0.3 is 10.6 Å². The topological polar surface area (TPSA) is 41.1 Å². The highest BCUT2D eigenvalue weighted by atomic mass is 32.2. The van der Waals surface area contributed by atoms with Crippen molar-refractivity contribution < 1.29 is 4.79 Å². The molecule has 2 N–H and O–H groups in total. The normalized spacial score (nSPS) is 19.6. The molecule has 0 radical (unpaired) electrons. The largest absolute Gasteiger partial charge is 0.377 e. The SMILES string of the molecule is O=C1CCc2cc(NC3CSc4ccccc43)ccc2N1. The van der Waals surface area contributed by atoms with Crippen molar-refractivity contribution in [3.63, 3.8) is 0 Å². The Labute approximate surface area is 128 Å². The van der Waals surface area contributed by atoms with Gasteiger partial charge in [-0.15, -0.1) is 11.8 Å². The standard InChI is InChI=1S/C17H16N2OS/c20-17-8-5-11-9-12(6-7-14(11)19-17)18-15-10-21-16-4-2-1-3-13(15)16/h1-4,6-7,9,15,18H,5,8,10H2,(H,19,20). The summed E-state index contributed by atoms with van der Waals surface area (Å²) in [6.07, 6.45) is 1.41. The minimum Gasteiger partial charge on any atom is -0.377 e. The van der Waals surface area contributed by atoms with Crippen LogP contribution in [0.1, 0.15) is 23.6 Å². The second-order valence-electron chi connectivity index (χ2n) is 5.47. The molecule has 2 aliphatic rings. The molecule has 2 aliphatic heterocycles. The summed E-state index contributed by atoms with van der Waals surface area (Å²) in [5.74, 6) is 1.18. The van der Waals surface area contributed by atoms with E-state index in [2.05, 4.69) is 47.0 Å². The maximum absolute atomic E-state index is 11.4. The van der Waals surface area contributed by atoms with Crippen molar-refractivity contribution in [3.8, 4) is 0 Å². The van der Waals surface area contributed by atoms with Gasteiger partial charge in [0, 0.05) is 28.4 Å². The molecule has 4 heteroatoms. The van der Waals surface area contributed by atoms with Crippen molar-refractivity contribution in [1.29, 1.82) is 0 Å². The van der Waals surface area contributed by atoms with Crippen LogP contribution in [0.5, 0.6) is 0 Å². The van der Waals surface area contributed by atoms with E-state index in [1.54, 1.807) is 0 Å². The van der Waals surface area contributed by atoms with Crippen LogP contribution in [0.4, 0.5) is 11.4 Å². The number of hydrogen-bond acceptors (Lipinski definition) is 3. The van der Waals surface area contributed by atoms with Gasteiger partial charge in [0.1, 0.15) is 0 Å². The van der Waals surface area contributed by atoms with Gasteiger partial charge in [-0.3, -0.25) is 4.79 Å². The summed E-state index contributed by atoms with van der Waals surface area (Å²) >= 11 is 1.90. The molecule has 2 aromatic rings. The van der Waals surface area contributed by atoms with E-state index >= 15 is 0 Å². The molecular weight excluding hydrogens is 280 g/mol. The maximum Gasteiger partial charge on any atom is 0.224 e. The zero-order valence-electron chi connectivity index (χ0n) is 11.6. The molecule has 21 heavy (non-hydrogen) atoms. The molecule has 0 saturated carbocycles. The van der Waals surface area contributed by atoms with Crippen molar-refractivity contribution in [2.75, 3.05) is 16.4 Å². The van der Waals surface area contributed by atoms with E-state index in [1.807, 2.05) is 17.8 Å². The van der Waals surface area contributed by atoms with Crippen molar-refractivity contribution >= 4 is 29.0 Å². The fourth-order valence-electron chi connectivity index (χ4n) is 2.96. The third-order valence-corrected chi connectivity index (χ3v) is 5.22. The number of hydrogen-bond donors (Lipinski definition) is 2. The lowest BCUT2D eigenvalue weighted by Gasteiger charge is -2.20. The molecule has 106 valence electrons. The van der Waals surface area contributed by atoms with Crippen LogP contribution >= 0.6 is 11.8 Å². The molecule has 1 atom stereocenters. The van der Waals surface area contributed by atoms with Crippen LogP contribution in [0.15, 0.2) is 47.4 Å². The summed E-state index contributed by atoms with van der Waals surface area (Å²) in [5, 5.41) is 6.55. The van der Waals surface area contributed by atoms with Gasteiger partial charge in [-0.2, -0.15) is 0 Å². The van der Waals surface area contributed by atoms with Gasteiger partial charge in [0.15, 0.2) is 0 Å². The first-order valence-corrected chi connectivity index (χ1v) is 8.19. The molecule has 0 fully saturated rings. The van der Waals surface area contributed by atoms with Crippen molar-refractivity contribution in [1.82, 2.24) is 0 Å². The molecule has 1 amide bonds. The number of amides is 1. The molecule has 0 saturated heterocycles. The Bertz CT molecular complexity index is 714. The molecule has 0 aliphatic carbocycles. The van der Waals surface area contributed by atoms with E-state index < -0.39 is 0 Å². The Balaban J connectivity index is 1.57. The van der Waals surface area contributed by atoms with Crippen molar-refractivity contribution in [2.24, 2.45) is 0 Å². The molecule has 0 spiro atoms. The molecular formula is C17H16N2OS. The van der Waals surface area contributed by atoms with Crippen molar-refractivity contribution in [2.45, 2.75) is 23.8 Å². The summed E-state index contributed by atoms with van der Waals surface area (Å²) in [4.78, 5) is 12.8.